The lowest BCUT2D eigenvalue weighted by Crippen LogP contribution is -2.27. The van der Waals surface area contributed by atoms with Crippen LogP contribution in [0.4, 0.5) is 13.2 Å². The van der Waals surface area contributed by atoms with E-state index in [2.05, 4.69) is 34.1 Å². The number of hydrogen-bond donors (Lipinski definition) is 1. The summed E-state index contributed by atoms with van der Waals surface area (Å²) in [5.41, 5.74) is 1.46. The highest BCUT2D eigenvalue weighted by Crippen LogP contribution is 2.33. The molecule has 11 heteroatoms. The number of rotatable bonds is 8. The van der Waals surface area contributed by atoms with E-state index in [1.165, 1.54) is 0 Å². The van der Waals surface area contributed by atoms with E-state index >= 15 is 0 Å². The standard InChI is InChI=1S/C25H27F3N4O3S/c1-14(2)21-11-29-23(36-21)18-6-17(7-20(8-18)35-13-16-4-5-34-12-16)22(33)32-15(3)19-9-30-24(31-10-19)25(26,27)28/h6-11,14-16H,4-5,12-13H2,1-3H3,(H,32,33)/t15?,16-/m0/s1. The number of nitrogens with one attached hydrogen (secondary N) is 1. The fourth-order valence-corrected chi connectivity index (χ4v) is 4.53. The highest BCUT2D eigenvalue weighted by atomic mass is 32.1. The van der Waals surface area contributed by atoms with Crippen molar-refractivity contribution in [1.82, 2.24) is 20.3 Å². The van der Waals surface area contributed by atoms with E-state index in [-0.39, 0.29) is 5.92 Å². The van der Waals surface area contributed by atoms with Crippen LogP contribution in [0.3, 0.4) is 0 Å². The summed E-state index contributed by atoms with van der Waals surface area (Å²) in [6, 6.07) is 4.64. The monoisotopic (exact) mass is 520 g/mol. The van der Waals surface area contributed by atoms with Gasteiger partial charge in [-0.3, -0.25) is 4.79 Å². The zero-order chi connectivity index (χ0) is 25.9. The quantitative estimate of drug-likeness (QED) is 0.413. The van der Waals surface area contributed by atoms with E-state index < -0.39 is 23.9 Å². The van der Waals surface area contributed by atoms with Crippen LogP contribution in [0.15, 0.2) is 36.8 Å². The molecule has 1 N–H and O–H groups in total. The summed E-state index contributed by atoms with van der Waals surface area (Å²) in [5.74, 6) is -0.475. The number of carbonyl (C=O) groups is 1. The molecule has 0 spiro atoms. The number of nitrogens with zero attached hydrogens (tertiary/aromatic N) is 3. The van der Waals surface area contributed by atoms with Crippen LogP contribution in [-0.2, 0) is 10.9 Å². The van der Waals surface area contributed by atoms with Crippen LogP contribution >= 0.6 is 11.3 Å². The molecule has 36 heavy (non-hydrogen) atoms. The highest BCUT2D eigenvalue weighted by molar-refractivity contribution is 7.15. The molecule has 4 rings (SSSR count). The van der Waals surface area contributed by atoms with Gasteiger partial charge in [0.15, 0.2) is 0 Å². The van der Waals surface area contributed by atoms with Crippen LogP contribution in [0.5, 0.6) is 5.75 Å². The van der Waals surface area contributed by atoms with Gasteiger partial charge in [-0.05, 0) is 37.5 Å². The van der Waals surface area contributed by atoms with Crippen molar-refractivity contribution in [2.45, 2.75) is 45.3 Å². The molecule has 1 aliphatic rings. The molecule has 1 aliphatic heterocycles. The maximum absolute atomic E-state index is 13.1. The topological polar surface area (TPSA) is 86.2 Å². The maximum Gasteiger partial charge on any atom is 0.451 e. The first-order valence-corrected chi connectivity index (χ1v) is 12.4. The number of benzene rings is 1. The summed E-state index contributed by atoms with van der Waals surface area (Å²) < 4.78 is 49.7. The van der Waals surface area contributed by atoms with Crippen molar-refractivity contribution in [2.75, 3.05) is 19.8 Å². The van der Waals surface area contributed by atoms with Crippen LogP contribution < -0.4 is 10.1 Å². The number of ether oxygens (including phenoxy) is 2. The van der Waals surface area contributed by atoms with Gasteiger partial charge in [0.1, 0.15) is 10.8 Å². The normalized spacial score (nSPS) is 16.8. The Labute approximate surface area is 211 Å². The van der Waals surface area contributed by atoms with Gasteiger partial charge >= 0.3 is 6.18 Å². The Kier molecular flexibility index (Phi) is 7.89. The van der Waals surface area contributed by atoms with Gasteiger partial charge in [0.05, 0.1) is 19.3 Å². The molecule has 0 bridgehead atoms. The maximum atomic E-state index is 13.1. The van der Waals surface area contributed by atoms with E-state index in [1.54, 1.807) is 30.4 Å². The van der Waals surface area contributed by atoms with Crippen LogP contribution in [-0.4, -0.2) is 40.7 Å². The average molecular weight is 521 g/mol. The molecule has 192 valence electrons. The summed E-state index contributed by atoms with van der Waals surface area (Å²) in [6.45, 7) is 7.66. The van der Waals surface area contributed by atoms with Gasteiger partial charge in [-0.15, -0.1) is 11.3 Å². The zero-order valence-electron chi connectivity index (χ0n) is 20.1. The Bertz CT molecular complexity index is 1190. The van der Waals surface area contributed by atoms with E-state index in [9.17, 15) is 18.0 Å². The van der Waals surface area contributed by atoms with Crippen molar-refractivity contribution in [1.29, 1.82) is 0 Å². The predicted molar refractivity (Wildman–Crippen MR) is 129 cm³/mol. The van der Waals surface area contributed by atoms with Gasteiger partial charge in [-0.1, -0.05) is 13.8 Å². The molecule has 1 unspecified atom stereocenters. The molecule has 0 radical (unpaired) electrons. The van der Waals surface area contributed by atoms with Crippen molar-refractivity contribution in [3.05, 3.63) is 58.6 Å². The minimum atomic E-state index is -4.63. The molecule has 7 nitrogen and oxygen atoms in total. The summed E-state index contributed by atoms with van der Waals surface area (Å²) in [5, 5.41) is 3.57. The van der Waals surface area contributed by atoms with Crippen LogP contribution in [0, 0.1) is 5.92 Å². The van der Waals surface area contributed by atoms with E-state index in [0.717, 1.165) is 34.3 Å². The Hall–Kier alpha value is -3.05. The summed E-state index contributed by atoms with van der Waals surface area (Å²) >= 11 is 1.55. The van der Waals surface area contributed by atoms with Crippen molar-refractivity contribution in [3.8, 4) is 16.3 Å². The Morgan fingerprint density at radius 3 is 2.53 bits per heavy atom. The minimum Gasteiger partial charge on any atom is -0.493 e. The first-order valence-electron chi connectivity index (χ1n) is 11.6. The first kappa shape index (κ1) is 26.0. The first-order chi connectivity index (χ1) is 17.1. The van der Waals surface area contributed by atoms with E-state index in [1.807, 2.05) is 12.3 Å². The van der Waals surface area contributed by atoms with Gasteiger partial charge < -0.3 is 14.8 Å². The average Bonchev–Trinajstić information content (AvgIpc) is 3.54. The fourth-order valence-electron chi connectivity index (χ4n) is 3.62. The van der Waals surface area contributed by atoms with Gasteiger partial charge in [-0.2, -0.15) is 13.2 Å². The number of hydrogen-bond acceptors (Lipinski definition) is 7. The number of carbonyl (C=O) groups excluding carboxylic acids is 1. The van der Waals surface area contributed by atoms with Crippen molar-refractivity contribution < 1.29 is 27.4 Å². The summed E-state index contributed by atoms with van der Waals surface area (Å²) in [7, 11) is 0. The summed E-state index contributed by atoms with van der Waals surface area (Å²) in [4.78, 5) is 25.5. The molecule has 1 aromatic carbocycles. The number of halogens is 3. The van der Waals surface area contributed by atoms with Crippen molar-refractivity contribution >= 4 is 17.2 Å². The molecule has 3 heterocycles. The van der Waals surface area contributed by atoms with E-state index in [4.69, 9.17) is 9.47 Å². The number of aromatic nitrogens is 3. The highest BCUT2D eigenvalue weighted by Gasteiger charge is 2.34. The fraction of sp³-hybridized carbons (Fsp3) is 0.440. The summed E-state index contributed by atoms with van der Waals surface area (Å²) in [6.07, 6.45) is 0.263. The second kappa shape index (κ2) is 10.9. The molecule has 2 aromatic heterocycles. The molecule has 1 amide bonds. The number of thiazole rings is 1. The van der Waals surface area contributed by atoms with Crippen LogP contribution in [0.1, 0.15) is 65.8 Å². The second-order valence-electron chi connectivity index (χ2n) is 9.04. The molecule has 1 saturated heterocycles. The van der Waals surface area contributed by atoms with Gasteiger partial charge in [0.25, 0.3) is 5.91 Å². The van der Waals surface area contributed by atoms with Crippen molar-refractivity contribution in [3.63, 3.8) is 0 Å². The third-order valence-electron chi connectivity index (χ3n) is 5.79. The molecular weight excluding hydrogens is 493 g/mol. The SMILES string of the molecule is CC(C)c1cnc(-c2cc(OC[C@H]3CCOC3)cc(C(=O)NC(C)c3cnc(C(F)(F)F)nc3)c2)s1. The molecule has 2 atom stereocenters. The molecule has 0 aliphatic carbocycles. The lowest BCUT2D eigenvalue weighted by molar-refractivity contribution is -0.145. The van der Waals surface area contributed by atoms with Gasteiger partial charge in [0.2, 0.25) is 5.82 Å². The lowest BCUT2D eigenvalue weighted by Gasteiger charge is -2.16. The minimum absolute atomic E-state index is 0.290. The third-order valence-corrected chi connectivity index (χ3v) is 7.14. The molecule has 0 saturated carbocycles. The predicted octanol–water partition coefficient (Wildman–Crippen LogP) is 5.65. The number of amides is 1. The van der Waals surface area contributed by atoms with Crippen LogP contribution in [0.2, 0.25) is 0 Å². The molecular formula is C25H27F3N4O3S. The lowest BCUT2D eigenvalue weighted by atomic mass is 10.1. The Balaban J connectivity index is 1.55. The Morgan fingerprint density at radius 1 is 1.17 bits per heavy atom. The van der Waals surface area contributed by atoms with Gasteiger partial charge in [0, 0.05) is 52.7 Å². The molecule has 3 aromatic rings. The largest absolute Gasteiger partial charge is 0.493 e. The zero-order valence-corrected chi connectivity index (χ0v) is 20.9. The smallest absolute Gasteiger partial charge is 0.451 e. The van der Waals surface area contributed by atoms with Crippen LogP contribution in [0.25, 0.3) is 10.6 Å². The number of alkyl halides is 3. The Morgan fingerprint density at radius 2 is 1.92 bits per heavy atom. The molecule has 1 fully saturated rings. The third kappa shape index (κ3) is 6.38. The van der Waals surface area contributed by atoms with Gasteiger partial charge in [-0.25, -0.2) is 15.0 Å². The van der Waals surface area contributed by atoms with E-state index in [0.29, 0.717) is 42.6 Å². The van der Waals surface area contributed by atoms with Crippen molar-refractivity contribution in [2.24, 2.45) is 5.92 Å². The second-order valence-corrected chi connectivity index (χ2v) is 10.1.